The third-order valence-corrected chi connectivity index (χ3v) is 5.96. The molecule has 0 N–H and O–H groups in total. The van der Waals surface area contributed by atoms with E-state index in [-0.39, 0.29) is 5.75 Å². The van der Waals surface area contributed by atoms with Gasteiger partial charge in [0.05, 0.1) is 10.6 Å². The number of sulfone groups is 1. The normalized spacial score (nSPS) is 14.0. The molecule has 0 aliphatic rings. The number of benzene rings is 1. The Morgan fingerprint density at radius 1 is 0.840 bits per heavy atom. The second-order valence-corrected chi connectivity index (χ2v) is 8.70. The topological polar surface area (TPSA) is 34.1 Å². The van der Waals surface area contributed by atoms with Crippen LogP contribution in [0.1, 0.15) is 59.8 Å². The highest BCUT2D eigenvalue weighted by Crippen LogP contribution is 2.15. The fourth-order valence-electron chi connectivity index (χ4n) is 2.71. The summed E-state index contributed by atoms with van der Waals surface area (Å²) < 4.78 is 24.7. The van der Waals surface area contributed by atoms with Gasteiger partial charge in [-0.2, -0.15) is 0 Å². The van der Waals surface area contributed by atoms with Crippen molar-refractivity contribution in [1.82, 2.24) is 0 Å². The first-order valence-corrected chi connectivity index (χ1v) is 10.7. The molecule has 0 spiro atoms. The Balaban J connectivity index is 2.46. The Hall–Kier alpha value is -1.61. The molecule has 25 heavy (non-hydrogen) atoms. The molecule has 0 saturated heterocycles. The summed E-state index contributed by atoms with van der Waals surface area (Å²) in [4.78, 5) is 0.398. The molecule has 0 fully saturated rings. The smallest absolute Gasteiger partial charge is 0.182 e. The Bertz CT molecular complexity index is 708. The molecule has 0 bridgehead atoms. The Morgan fingerprint density at radius 2 is 1.36 bits per heavy atom. The summed E-state index contributed by atoms with van der Waals surface area (Å²) in [5.41, 5.74) is 3.74. The van der Waals surface area contributed by atoms with Crippen LogP contribution in [-0.4, -0.2) is 14.2 Å². The van der Waals surface area contributed by atoms with Gasteiger partial charge in [-0.3, -0.25) is 0 Å². The van der Waals surface area contributed by atoms with Crippen LogP contribution in [0.4, 0.5) is 0 Å². The lowest BCUT2D eigenvalue weighted by Gasteiger charge is -2.05. The molecule has 0 aromatic heterocycles. The summed E-state index contributed by atoms with van der Waals surface area (Å²) in [6, 6.07) is 8.67. The third kappa shape index (κ3) is 8.87. The molecule has 1 rings (SSSR count). The standard InChI is InChI=1S/C22H32O2S/c1-5-11-19(2)12-9-13-20(3)14-10-15-21(4)18-25(23,24)22-16-7-6-8-17-22/h6-8,11,13,15-17H,5,9-10,12,14,18H2,1-4H3/b19-11+,20-13+,21-15+. The molecule has 0 unspecified atom stereocenters. The van der Waals surface area contributed by atoms with Crippen LogP contribution in [0.15, 0.2) is 70.2 Å². The molecule has 0 aliphatic carbocycles. The molecule has 0 saturated carbocycles. The Kier molecular flexibility index (Phi) is 9.51. The predicted octanol–water partition coefficient (Wildman–Crippen LogP) is 6.27. The van der Waals surface area contributed by atoms with Gasteiger partial charge in [0, 0.05) is 0 Å². The quantitative estimate of drug-likeness (QED) is 0.461. The van der Waals surface area contributed by atoms with Crippen molar-refractivity contribution in [3.63, 3.8) is 0 Å². The first-order chi connectivity index (χ1) is 11.8. The molecule has 0 amide bonds. The van der Waals surface area contributed by atoms with E-state index in [0.717, 1.165) is 37.7 Å². The average Bonchev–Trinajstić information content (AvgIpc) is 2.55. The molecule has 3 heteroatoms. The number of hydrogen-bond donors (Lipinski definition) is 0. The molecule has 1 aromatic carbocycles. The second-order valence-electron chi connectivity index (χ2n) is 6.71. The van der Waals surface area contributed by atoms with Crippen molar-refractivity contribution < 1.29 is 8.42 Å². The molecule has 0 heterocycles. The first-order valence-electron chi connectivity index (χ1n) is 9.10. The van der Waals surface area contributed by atoms with Crippen LogP contribution in [-0.2, 0) is 9.84 Å². The van der Waals surface area contributed by atoms with Crippen LogP contribution >= 0.6 is 0 Å². The molecular formula is C22H32O2S. The lowest BCUT2D eigenvalue weighted by atomic mass is 10.1. The van der Waals surface area contributed by atoms with Crippen molar-refractivity contribution in [1.29, 1.82) is 0 Å². The molecule has 2 nitrogen and oxygen atoms in total. The molecule has 0 radical (unpaired) electrons. The summed E-state index contributed by atoms with van der Waals surface area (Å²) in [6.07, 6.45) is 11.8. The highest BCUT2D eigenvalue weighted by molar-refractivity contribution is 7.91. The van der Waals surface area contributed by atoms with Gasteiger partial charge in [-0.15, -0.1) is 0 Å². The minimum atomic E-state index is -3.23. The van der Waals surface area contributed by atoms with Gasteiger partial charge in [0.15, 0.2) is 9.84 Å². The van der Waals surface area contributed by atoms with Crippen molar-refractivity contribution >= 4 is 9.84 Å². The maximum Gasteiger partial charge on any atom is 0.182 e. The summed E-state index contributed by atoms with van der Waals surface area (Å²) in [5.74, 6) is 0.0980. The zero-order valence-electron chi connectivity index (χ0n) is 16.1. The highest BCUT2D eigenvalue weighted by Gasteiger charge is 2.13. The monoisotopic (exact) mass is 360 g/mol. The molecule has 0 aliphatic heterocycles. The highest BCUT2D eigenvalue weighted by atomic mass is 32.2. The second kappa shape index (κ2) is 11.1. The van der Waals surface area contributed by atoms with Gasteiger partial charge in [-0.05, 0) is 65.0 Å². The van der Waals surface area contributed by atoms with Gasteiger partial charge in [0.25, 0.3) is 0 Å². The SMILES string of the molecule is CC/C=C(\C)CC/C=C(\C)CC/C=C(\C)CS(=O)(=O)c1ccccc1. The fraction of sp³-hybridized carbons (Fsp3) is 0.455. The van der Waals surface area contributed by atoms with E-state index >= 15 is 0 Å². The van der Waals surface area contributed by atoms with Gasteiger partial charge < -0.3 is 0 Å². The van der Waals surface area contributed by atoms with E-state index < -0.39 is 9.84 Å². The van der Waals surface area contributed by atoms with Crippen LogP contribution in [0.25, 0.3) is 0 Å². The molecular weight excluding hydrogens is 328 g/mol. The van der Waals surface area contributed by atoms with Crippen molar-refractivity contribution in [3.8, 4) is 0 Å². The summed E-state index contributed by atoms with van der Waals surface area (Å²) in [6.45, 7) is 8.41. The zero-order valence-corrected chi connectivity index (χ0v) is 16.9. The largest absolute Gasteiger partial charge is 0.223 e. The first kappa shape index (κ1) is 21.4. The predicted molar refractivity (Wildman–Crippen MR) is 109 cm³/mol. The average molecular weight is 361 g/mol. The van der Waals surface area contributed by atoms with E-state index in [1.165, 1.54) is 11.1 Å². The summed E-state index contributed by atoms with van der Waals surface area (Å²) in [5, 5.41) is 0. The van der Waals surface area contributed by atoms with Gasteiger partial charge in [0.1, 0.15) is 0 Å². The Morgan fingerprint density at radius 3 is 1.92 bits per heavy atom. The van der Waals surface area contributed by atoms with Crippen molar-refractivity contribution in [3.05, 3.63) is 65.3 Å². The van der Waals surface area contributed by atoms with Gasteiger partial charge in [-0.1, -0.05) is 60.1 Å². The van der Waals surface area contributed by atoms with E-state index in [9.17, 15) is 8.42 Å². The van der Waals surface area contributed by atoms with Crippen LogP contribution in [0.3, 0.4) is 0 Å². The molecule has 1 aromatic rings. The van der Waals surface area contributed by atoms with E-state index in [1.54, 1.807) is 24.3 Å². The maximum atomic E-state index is 12.3. The number of rotatable bonds is 10. The number of allylic oxidation sites excluding steroid dienone is 5. The van der Waals surface area contributed by atoms with Gasteiger partial charge in [-0.25, -0.2) is 8.42 Å². The summed E-state index contributed by atoms with van der Waals surface area (Å²) in [7, 11) is -3.23. The van der Waals surface area contributed by atoms with Gasteiger partial charge >= 0.3 is 0 Å². The van der Waals surface area contributed by atoms with E-state index in [0.29, 0.717) is 4.90 Å². The summed E-state index contributed by atoms with van der Waals surface area (Å²) >= 11 is 0. The van der Waals surface area contributed by atoms with Crippen LogP contribution in [0.2, 0.25) is 0 Å². The lowest BCUT2D eigenvalue weighted by Crippen LogP contribution is -2.07. The molecule has 138 valence electrons. The Labute approximate surface area is 154 Å². The fourth-order valence-corrected chi connectivity index (χ4v) is 4.17. The minimum Gasteiger partial charge on any atom is -0.223 e. The van der Waals surface area contributed by atoms with Crippen LogP contribution in [0.5, 0.6) is 0 Å². The lowest BCUT2D eigenvalue weighted by molar-refractivity contribution is 0.598. The molecule has 0 atom stereocenters. The van der Waals surface area contributed by atoms with Crippen LogP contribution in [0, 0.1) is 0 Å². The van der Waals surface area contributed by atoms with E-state index in [1.807, 2.05) is 13.0 Å². The van der Waals surface area contributed by atoms with Crippen LogP contribution < -0.4 is 0 Å². The van der Waals surface area contributed by atoms with Crippen molar-refractivity contribution in [2.45, 2.75) is 64.7 Å². The van der Waals surface area contributed by atoms with Crippen molar-refractivity contribution in [2.75, 3.05) is 5.75 Å². The van der Waals surface area contributed by atoms with E-state index in [2.05, 4.69) is 39.0 Å². The maximum absolute atomic E-state index is 12.3. The van der Waals surface area contributed by atoms with Gasteiger partial charge in [0.2, 0.25) is 0 Å². The van der Waals surface area contributed by atoms with E-state index in [4.69, 9.17) is 0 Å². The number of hydrogen-bond acceptors (Lipinski definition) is 2. The third-order valence-electron chi connectivity index (χ3n) is 4.14. The minimum absolute atomic E-state index is 0.0980. The zero-order chi connectivity index (χ0) is 18.7. The van der Waals surface area contributed by atoms with Crippen molar-refractivity contribution in [2.24, 2.45) is 0 Å².